The first-order valence-corrected chi connectivity index (χ1v) is 8.61. The fraction of sp³-hybridized carbons (Fsp3) is 0.300. The highest BCUT2D eigenvalue weighted by molar-refractivity contribution is 5.74. The molecule has 0 aliphatic rings. The van der Waals surface area contributed by atoms with Gasteiger partial charge in [0.2, 0.25) is 0 Å². The van der Waals surface area contributed by atoms with Crippen molar-refractivity contribution in [3.05, 3.63) is 54.1 Å². The van der Waals surface area contributed by atoms with E-state index < -0.39 is 12.1 Å². The number of aromatic nitrogens is 1. The molecule has 2 aromatic carbocycles. The highest BCUT2D eigenvalue weighted by Crippen LogP contribution is 2.20. The highest BCUT2D eigenvalue weighted by atomic mass is 16.5. The van der Waals surface area contributed by atoms with Crippen LogP contribution in [0.2, 0.25) is 0 Å². The fourth-order valence-corrected chi connectivity index (χ4v) is 2.58. The van der Waals surface area contributed by atoms with Gasteiger partial charge in [-0.2, -0.15) is 4.98 Å². The number of para-hydroxylation sites is 2. The number of oxazole rings is 1. The van der Waals surface area contributed by atoms with Crippen LogP contribution in [0.25, 0.3) is 11.1 Å². The number of hydrogen-bond acceptors (Lipinski definition) is 7. The third kappa shape index (κ3) is 4.77. The number of benzene rings is 2. The molecule has 1 heterocycles. The van der Waals surface area contributed by atoms with Gasteiger partial charge in [0.15, 0.2) is 11.7 Å². The van der Waals surface area contributed by atoms with Crippen molar-refractivity contribution in [3.8, 4) is 5.75 Å². The second-order valence-electron chi connectivity index (χ2n) is 6.12. The molecule has 3 rings (SSSR count). The molecule has 0 bridgehead atoms. The Kier molecular flexibility index (Phi) is 5.93. The summed E-state index contributed by atoms with van der Waals surface area (Å²) in [5.74, 6) is 0.0647. The summed E-state index contributed by atoms with van der Waals surface area (Å²) in [6, 6.07) is 15.4. The first kappa shape index (κ1) is 18.7. The van der Waals surface area contributed by atoms with Crippen LogP contribution in [0.3, 0.4) is 0 Å². The van der Waals surface area contributed by atoms with Gasteiger partial charge >= 0.3 is 5.97 Å². The van der Waals surface area contributed by atoms with Gasteiger partial charge in [-0.25, -0.2) is 4.79 Å². The number of hydrogen-bond donors (Lipinski definition) is 1. The molecule has 7 heteroatoms. The van der Waals surface area contributed by atoms with Crippen molar-refractivity contribution in [1.82, 2.24) is 4.98 Å². The lowest BCUT2D eigenvalue weighted by atomic mass is 10.1. The number of likely N-dealkylation sites (N-methyl/N-ethyl adjacent to an activating group) is 1. The zero-order chi connectivity index (χ0) is 19.2. The average molecular weight is 370 g/mol. The van der Waals surface area contributed by atoms with Gasteiger partial charge in [0.25, 0.3) is 6.01 Å². The van der Waals surface area contributed by atoms with E-state index in [1.54, 1.807) is 12.1 Å². The molecule has 0 radical (unpaired) electrons. The lowest BCUT2D eigenvalue weighted by molar-refractivity contribution is -0.150. The minimum atomic E-state index is -1.16. The Bertz CT molecular complexity index is 858. The molecular weight excluding hydrogens is 348 g/mol. The number of methoxy groups -OCH3 is 1. The molecule has 0 spiro atoms. The normalized spacial score (nSPS) is 12.0. The lowest BCUT2D eigenvalue weighted by Crippen LogP contribution is -2.24. The number of rotatable bonds is 8. The molecule has 0 saturated heterocycles. The van der Waals surface area contributed by atoms with Crippen LogP contribution >= 0.6 is 0 Å². The van der Waals surface area contributed by atoms with E-state index in [4.69, 9.17) is 9.15 Å². The number of ether oxygens (including phenoxy) is 2. The van der Waals surface area contributed by atoms with Crippen LogP contribution in [-0.4, -0.2) is 49.5 Å². The van der Waals surface area contributed by atoms with Gasteiger partial charge in [-0.3, -0.25) is 0 Å². The van der Waals surface area contributed by atoms with Crippen molar-refractivity contribution >= 4 is 23.1 Å². The predicted molar refractivity (Wildman–Crippen MR) is 101 cm³/mol. The summed E-state index contributed by atoms with van der Waals surface area (Å²) in [5, 5.41) is 9.68. The first-order valence-electron chi connectivity index (χ1n) is 8.61. The minimum Gasteiger partial charge on any atom is -0.492 e. The molecule has 1 N–H and O–H groups in total. The van der Waals surface area contributed by atoms with Crippen LogP contribution in [0.1, 0.15) is 5.56 Å². The van der Waals surface area contributed by atoms with E-state index in [2.05, 4.69) is 9.72 Å². The third-order valence-electron chi connectivity index (χ3n) is 4.13. The van der Waals surface area contributed by atoms with Crippen LogP contribution in [-0.2, 0) is 16.0 Å². The summed E-state index contributed by atoms with van der Waals surface area (Å²) >= 11 is 0. The van der Waals surface area contributed by atoms with Crippen molar-refractivity contribution in [2.75, 3.05) is 32.2 Å². The largest absolute Gasteiger partial charge is 0.492 e. The molecule has 0 fully saturated rings. The van der Waals surface area contributed by atoms with Gasteiger partial charge in [0.05, 0.1) is 13.7 Å². The van der Waals surface area contributed by atoms with E-state index in [-0.39, 0.29) is 6.42 Å². The summed E-state index contributed by atoms with van der Waals surface area (Å²) in [6.07, 6.45) is -0.959. The number of aliphatic hydroxyl groups is 1. The maximum atomic E-state index is 11.2. The molecule has 0 aliphatic carbocycles. The molecule has 0 saturated carbocycles. The fourth-order valence-electron chi connectivity index (χ4n) is 2.58. The number of fused-ring (bicyclic) bond motifs is 1. The number of carbonyl (C=O) groups is 1. The van der Waals surface area contributed by atoms with Gasteiger partial charge in [-0.15, -0.1) is 0 Å². The SMILES string of the molecule is COC(=O)C(O)Cc1ccc(OCCN(C)c2nc3ccccc3o2)cc1. The highest BCUT2D eigenvalue weighted by Gasteiger charge is 2.15. The average Bonchev–Trinajstić information content (AvgIpc) is 3.13. The van der Waals surface area contributed by atoms with Crippen LogP contribution in [0.15, 0.2) is 52.9 Å². The van der Waals surface area contributed by atoms with E-state index in [1.165, 1.54) is 7.11 Å². The Labute approximate surface area is 157 Å². The predicted octanol–water partition coefficient (Wildman–Crippen LogP) is 2.42. The summed E-state index contributed by atoms with van der Waals surface area (Å²) in [4.78, 5) is 17.6. The Morgan fingerprint density at radius 1 is 1.22 bits per heavy atom. The van der Waals surface area contributed by atoms with Crippen LogP contribution < -0.4 is 9.64 Å². The van der Waals surface area contributed by atoms with E-state index in [9.17, 15) is 9.90 Å². The lowest BCUT2D eigenvalue weighted by Gasteiger charge is -2.15. The van der Waals surface area contributed by atoms with E-state index in [0.717, 1.165) is 16.7 Å². The molecule has 3 aromatic rings. The molecule has 1 unspecified atom stereocenters. The summed E-state index contributed by atoms with van der Waals surface area (Å²) in [6.45, 7) is 1.06. The van der Waals surface area contributed by atoms with Gasteiger partial charge in [0.1, 0.15) is 17.9 Å². The van der Waals surface area contributed by atoms with Crippen molar-refractivity contribution in [2.24, 2.45) is 0 Å². The zero-order valence-electron chi connectivity index (χ0n) is 15.3. The van der Waals surface area contributed by atoms with Crippen molar-refractivity contribution in [3.63, 3.8) is 0 Å². The molecule has 0 aliphatic heterocycles. The zero-order valence-corrected chi connectivity index (χ0v) is 15.3. The van der Waals surface area contributed by atoms with E-state index in [0.29, 0.717) is 24.9 Å². The standard InChI is InChI=1S/C20H22N2O5/c1-22(20-21-16-5-3-4-6-18(16)27-20)11-12-26-15-9-7-14(8-10-15)13-17(23)19(24)25-2/h3-10,17,23H,11-13H2,1-2H3. The molecule has 1 atom stereocenters. The van der Waals surface area contributed by atoms with Gasteiger partial charge in [-0.05, 0) is 29.8 Å². The van der Waals surface area contributed by atoms with E-state index >= 15 is 0 Å². The van der Waals surface area contributed by atoms with E-state index in [1.807, 2.05) is 48.3 Å². The maximum Gasteiger partial charge on any atom is 0.335 e. The van der Waals surface area contributed by atoms with Crippen LogP contribution in [0, 0.1) is 0 Å². The van der Waals surface area contributed by atoms with Gasteiger partial charge in [-0.1, -0.05) is 24.3 Å². The van der Waals surface area contributed by atoms with Gasteiger partial charge < -0.3 is 23.9 Å². The van der Waals surface area contributed by atoms with Crippen molar-refractivity contribution in [2.45, 2.75) is 12.5 Å². The molecule has 1 aromatic heterocycles. The number of aliphatic hydroxyl groups excluding tert-OH is 1. The quantitative estimate of drug-likeness (QED) is 0.610. The molecule has 7 nitrogen and oxygen atoms in total. The summed E-state index contributed by atoms with van der Waals surface area (Å²) < 4.78 is 16.0. The number of carbonyl (C=O) groups excluding carboxylic acids is 1. The molecular formula is C20H22N2O5. The second kappa shape index (κ2) is 8.55. The molecule has 27 heavy (non-hydrogen) atoms. The third-order valence-corrected chi connectivity index (χ3v) is 4.13. The molecule has 0 amide bonds. The Morgan fingerprint density at radius 3 is 2.67 bits per heavy atom. The summed E-state index contributed by atoms with van der Waals surface area (Å²) in [5.41, 5.74) is 2.40. The minimum absolute atomic E-state index is 0.202. The monoisotopic (exact) mass is 370 g/mol. The van der Waals surface area contributed by atoms with Crippen molar-refractivity contribution < 1.29 is 23.8 Å². The van der Waals surface area contributed by atoms with Crippen LogP contribution in [0.4, 0.5) is 6.01 Å². The van der Waals surface area contributed by atoms with Crippen molar-refractivity contribution in [1.29, 1.82) is 0 Å². The Balaban J connectivity index is 1.49. The molecule has 142 valence electrons. The number of esters is 1. The van der Waals surface area contributed by atoms with Crippen LogP contribution in [0.5, 0.6) is 5.75 Å². The summed E-state index contributed by atoms with van der Waals surface area (Å²) in [7, 11) is 3.14. The topological polar surface area (TPSA) is 85.0 Å². The first-order chi connectivity index (χ1) is 13.1. The smallest absolute Gasteiger partial charge is 0.335 e. The van der Waals surface area contributed by atoms with Gasteiger partial charge in [0, 0.05) is 13.5 Å². The number of anilines is 1. The number of nitrogens with zero attached hydrogens (tertiary/aromatic N) is 2. The Hall–Kier alpha value is -3.06. The second-order valence-corrected chi connectivity index (χ2v) is 6.12. The Morgan fingerprint density at radius 2 is 1.96 bits per heavy atom. The maximum absolute atomic E-state index is 11.2.